The number of carboxylic acid groups (broad SMARTS) is 1. The van der Waals surface area contributed by atoms with Crippen molar-refractivity contribution in [2.24, 2.45) is 0 Å². The molecule has 1 heterocycles. The Hall–Kier alpha value is -0.230. The van der Waals surface area contributed by atoms with Crippen molar-refractivity contribution < 1.29 is 9.90 Å². The minimum absolute atomic E-state index is 0.0401. The fourth-order valence-electron chi connectivity index (χ4n) is 1.51. The van der Waals surface area contributed by atoms with E-state index in [0.717, 1.165) is 10.0 Å². The van der Waals surface area contributed by atoms with Gasteiger partial charge in [-0.3, -0.25) is 10.1 Å². The molecule has 1 aliphatic rings. The Labute approximate surface area is 111 Å². The lowest BCUT2D eigenvalue weighted by Gasteiger charge is -2.13. The average molecular weight is 323 g/mol. The molecule has 2 rings (SSSR count). The summed E-state index contributed by atoms with van der Waals surface area (Å²) >= 11 is 11.0. The first kappa shape index (κ1) is 12.2. The summed E-state index contributed by atoms with van der Waals surface area (Å²) in [5.74, 6) is -0.255. The van der Waals surface area contributed by atoms with Crippen LogP contribution in [-0.2, 0) is 4.79 Å². The third kappa shape index (κ3) is 2.53. The van der Waals surface area contributed by atoms with E-state index in [1.54, 1.807) is 11.8 Å². The second kappa shape index (κ2) is 4.96. The van der Waals surface area contributed by atoms with Gasteiger partial charge in [0.2, 0.25) is 0 Å². The number of thioether (sulfide) groups is 1. The van der Waals surface area contributed by atoms with Crippen LogP contribution < -0.4 is 5.32 Å². The summed E-state index contributed by atoms with van der Waals surface area (Å²) < 4.78 is 0.916. The van der Waals surface area contributed by atoms with Crippen molar-refractivity contribution in [1.29, 1.82) is 0 Å². The minimum atomic E-state index is -0.816. The zero-order chi connectivity index (χ0) is 11.7. The molecule has 2 N–H and O–H groups in total. The Morgan fingerprint density at radius 1 is 1.62 bits per heavy atom. The second-order valence-corrected chi connectivity index (χ2v) is 5.90. The summed E-state index contributed by atoms with van der Waals surface area (Å²) in [6.45, 7) is 0. The molecule has 3 nitrogen and oxygen atoms in total. The fraction of sp³-hybridized carbons (Fsp3) is 0.300. The van der Waals surface area contributed by atoms with Crippen molar-refractivity contribution in [3.63, 3.8) is 0 Å². The van der Waals surface area contributed by atoms with Crippen LogP contribution in [0, 0.1) is 0 Å². The molecule has 0 saturated carbocycles. The van der Waals surface area contributed by atoms with E-state index in [1.807, 2.05) is 18.2 Å². The van der Waals surface area contributed by atoms with Gasteiger partial charge in [-0.2, -0.15) is 0 Å². The van der Waals surface area contributed by atoms with Crippen LogP contribution in [0.2, 0.25) is 5.02 Å². The number of halogens is 2. The molecule has 0 amide bonds. The molecule has 6 heteroatoms. The summed E-state index contributed by atoms with van der Waals surface area (Å²) in [6.07, 6.45) is 0. The molecule has 1 aromatic carbocycles. The van der Waals surface area contributed by atoms with Crippen LogP contribution in [0.5, 0.6) is 0 Å². The Kier molecular flexibility index (Phi) is 3.79. The van der Waals surface area contributed by atoms with Crippen molar-refractivity contribution in [1.82, 2.24) is 5.32 Å². The highest BCUT2D eigenvalue weighted by atomic mass is 79.9. The number of hydrogen-bond acceptors (Lipinski definition) is 3. The van der Waals surface area contributed by atoms with Crippen LogP contribution in [-0.4, -0.2) is 22.9 Å². The molecule has 0 spiro atoms. The third-order valence-electron chi connectivity index (χ3n) is 2.33. The Morgan fingerprint density at radius 2 is 2.38 bits per heavy atom. The molecule has 1 aromatic rings. The predicted molar refractivity (Wildman–Crippen MR) is 68.9 cm³/mol. The van der Waals surface area contributed by atoms with Gasteiger partial charge in [0.25, 0.3) is 0 Å². The van der Waals surface area contributed by atoms with E-state index in [0.29, 0.717) is 10.8 Å². The van der Waals surface area contributed by atoms with Gasteiger partial charge < -0.3 is 5.11 Å². The van der Waals surface area contributed by atoms with Gasteiger partial charge >= 0.3 is 5.97 Å². The summed E-state index contributed by atoms with van der Waals surface area (Å²) in [5, 5.41) is 12.5. The minimum Gasteiger partial charge on any atom is -0.480 e. The van der Waals surface area contributed by atoms with E-state index in [2.05, 4.69) is 21.2 Å². The Balaban J connectivity index is 2.17. The van der Waals surface area contributed by atoms with Gasteiger partial charge in [0.05, 0.1) is 5.37 Å². The molecule has 0 aromatic heterocycles. The molecule has 2 atom stereocenters. The number of nitrogens with one attached hydrogen (secondary N) is 1. The van der Waals surface area contributed by atoms with E-state index >= 15 is 0 Å². The van der Waals surface area contributed by atoms with Gasteiger partial charge in [-0.15, -0.1) is 11.8 Å². The predicted octanol–water partition coefficient (Wildman–Crippen LogP) is 2.89. The normalized spacial score (nSPS) is 24.6. The molecular formula is C10H9BrClNO2S. The largest absolute Gasteiger partial charge is 0.480 e. The highest BCUT2D eigenvalue weighted by molar-refractivity contribution is 9.10. The number of aliphatic carboxylic acids is 1. The van der Waals surface area contributed by atoms with E-state index < -0.39 is 12.0 Å². The maximum absolute atomic E-state index is 10.8. The lowest BCUT2D eigenvalue weighted by Crippen LogP contribution is -2.33. The average Bonchev–Trinajstić information content (AvgIpc) is 2.66. The molecule has 1 unspecified atom stereocenters. The summed E-state index contributed by atoms with van der Waals surface area (Å²) in [4.78, 5) is 10.8. The lowest BCUT2D eigenvalue weighted by atomic mass is 10.2. The standard InChI is InChI=1S/C10H9BrClNO2S/c11-5-1-2-6(7(12)3-5)9-13-8(4-16-9)10(14)15/h1-3,8-9,13H,4H2,(H,14,15)/t8-,9?/m1/s1. The maximum Gasteiger partial charge on any atom is 0.321 e. The maximum atomic E-state index is 10.8. The van der Waals surface area contributed by atoms with Crippen LogP contribution in [0.4, 0.5) is 0 Å². The highest BCUT2D eigenvalue weighted by Gasteiger charge is 2.31. The first-order chi connectivity index (χ1) is 7.58. The van der Waals surface area contributed by atoms with E-state index in [9.17, 15) is 4.79 Å². The van der Waals surface area contributed by atoms with E-state index in [4.69, 9.17) is 16.7 Å². The molecule has 16 heavy (non-hydrogen) atoms. The second-order valence-electron chi connectivity index (χ2n) is 3.44. The van der Waals surface area contributed by atoms with Gasteiger partial charge in [-0.05, 0) is 17.7 Å². The third-order valence-corrected chi connectivity index (χ3v) is 4.39. The molecule has 86 valence electrons. The summed E-state index contributed by atoms with van der Waals surface area (Å²) in [6, 6.07) is 5.13. The smallest absolute Gasteiger partial charge is 0.321 e. The van der Waals surface area contributed by atoms with Gasteiger partial charge in [0, 0.05) is 15.2 Å². The van der Waals surface area contributed by atoms with Gasteiger partial charge in [0.15, 0.2) is 0 Å². The van der Waals surface area contributed by atoms with Crippen LogP contribution in [0.25, 0.3) is 0 Å². The van der Waals surface area contributed by atoms with Crippen molar-refractivity contribution in [3.05, 3.63) is 33.3 Å². The summed E-state index contributed by atoms with van der Waals surface area (Å²) in [7, 11) is 0. The Morgan fingerprint density at radius 3 is 2.94 bits per heavy atom. The number of carbonyl (C=O) groups is 1. The van der Waals surface area contributed by atoms with Crippen molar-refractivity contribution in [3.8, 4) is 0 Å². The first-order valence-corrected chi connectivity index (χ1v) is 6.85. The molecule has 0 bridgehead atoms. The Bertz CT molecular complexity index is 429. The molecule has 0 radical (unpaired) electrons. The fourth-order valence-corrected chi connectivity index (χ4v) is 3.62. The van der Waals surface area contributed by atoms with Crippen LogP contribution in [0.3, 0.4) is 0 Å². The molecule has 0 aliphatic carbocycles. The topological polar surface area (TPSA) is 49.3 Å². The zero-order valence-corrected chi connectivity index (χ0v) is 11.3. The SMILES string of the molecule is O=C(O)[C@H]1CSC(c2ccc(Br)cc2Cl)N1. The van der Waals surface area contributed by atoms with Gasteiger partial charge in [-0.1, -0.05) is 33.6 Å². The van der Waals surface area contributed by atoms with Crippen molar-refractivity contribution in [2.45, 2.75) is 11.4 Å². The zero-order valence-electron chi connectivity index (χ0n) is 8.11. The molecule has 1 fully saturated rings. The number of hydrogen-bond donors (Lipinski definition) is 2. The first-order valence-electron chi connectivity index (χ1n) is 4.63. The van der Waals surface area contributed by atoms with Crippen LogP contribution in [0.15, 0.2) is 22.7 Å². The highest BCUT2D eigenvalue weighted by Crippen LogP contribution is 2.37. The lowest BCUT2D eigenvalue weighted by molar-refractivity contribution is -0.138. The van der Waals surface area contributed by atoms with Crippen LogP contribution in [0.1, 0.15) is 10.9 Å². The molecular weight excluding hydrogens is 314 g/mol. The quantitative estimate of drug-likeness (QED) is 0.879. The number of benzene rings is 1. The summed E-state index contributed by atoms with van der Waals surface area (Å²) in [5.41, 5.74) is 0.929. The number of rotatable bonds is 2. The van der Waals surface area contributed by atoms with E-state index in [1.165, 1.54) is 0 Å². The van der Waals surface area contributed by atoms with Gasteiger partial charge in [0.1, 0.15) is 6.04 Å². The molecule has 1 aliphatic heterocycles. The van der Waals surface area contributed by atoms with Gasteiger partial charge in [-0.25, -0.2) is 0 Å². The van der Waals surface area contributed by atoms with Crippen molar-refractivity contribution in [2.75, 3.05) is 5.75 Å². The molecule has 1 saturated heterocycles. The number of carboxylic acids is 1. The van der Waals surface area contributed by atoms with Crippen molar-refractivity contribution >= 4 is 45.3 Å². The van der Waals surface area contributed by atoms with E-state index in [-0.39, 0.29) is 5.37 Å². The monoisotopic (exact) mass is 321 g/mol. The van der Waals surface area contributed by atoms with Crippen LogP contribution >= 0.6 is 39.3 Å².